The Morgan fingerprint density at radius 2 is 1.81 bits per heavy atom. The van der Waals surface area contributed by atoms with Crippen LogP contribution in [0.5, 0.6) is 0 Å². The predicted octanol–water partition coefficient (Wildman–Crippen LogP) is 2.91. The Labute approximate surface area is 101 Å². The smallest absolute Gasteiger partial charge is 0.0497 e. The van der Waals surface area contributed by atoms with Crippen molar-refractivity contribution in [2.24, 2.45) is 10.8 Å². The van der Waals surface area contributed by atoms with E-state index in [2.05, 4.69) is 32.6 Å². The largest absolute Gasteiger partial charge is 0.396 e. The van der Waals surface area contributed by atoms with Crippen molar-refractivity contribution >= 4 is 0 Å². The number of hydrogen-bond acceptors (Lipinski definition) is 2. The van der Waals surface area contributed by atoms with Gasteiger partial charge in [0.05, 0.1) is 0 Å². The first-order valence-corrected chi connectivity index (χ1v) is 6.74. The molecule has 1 rings (SSSR count). The molecule has 2 heteroatoms. The van der Waals surface area contributed by atoms with Gasteiger partial charge in [-0.25, -0.2) is 0 Å². The molecule has 0 spiro atoms. The zero-order valence-electron chi connectivity index (χ0n) is 11.6. The second-order valence-corrected chi connectivity index (χ2v) is 6.66. The maximum Gasteiger partial charge on any atom is 0.0497 e. The highest BCUT2D eigenvalue weighted by Crippen LogP contribution is 2.32. The molecule has 1 saturated heterocycles. The molecule has 16 heavy (non-hydrogen) atoms. The van der Waals surface area contributed by atoms with Crippen LogP contribution in [0.1, 0.15) is 53.4 Å². The van der Waals surface area contributed by atoms with Crippen LogP contribution in [0, 0.1) is 10.8 Å². The van der Waals surface area contributed by atoms with Crippen LogP contribution in [0.3, 0.4) is 0 Å². The minimum absolute atomic E-state index is 0.107. The lowest BCUT2D eigenvalue weighted by atomic mass is 9.80. The second kappa shape index (κ2) is 5.50. The van der Waals surface area contributed by atoms with Crippen molar-refractivity contribution in [3.63, 3.8) is 0 Å². The van der Waals surface area contributed by atoms with E-state index in [0.717, 1.165) is 19.4 Å². The van der Waals surface area contributed by atoms with E-state index in [4.69, 9.17) is 0 Å². The van der Waals surface area contributed by atoms with E-state index in [1.807, 2.05) is 0 Å². The van der Waals surface area contributed by atoms with Gasteiger partial charge in [-0.15, -0.1) is 0 Å². The summed E-state index contributed by atoms with van der Waals surface area (Å²) >= 11 is 0. The first-order valence-electron chi connectivity index (χ1n) is 6.74. The number of hydrogen-bond donors (Lipinski definition) is 1. The molecule has 1 unspecified atom stereocenters. The Morgan fingerprint density at radius 3 is 2.25 bits per heavy atom. The number of aliphatic hydroxyl groups excluding tert-OH is 1. The van der Waals surface area contributed by atoms with Crippen LogP contribution in [0.2, 0.25) is 0 Å². The van der Waals surface area contributed by atoms with Gasteiger partial charge in [-0.3, -0.25) is 0 Å². The lowest BCUT2D eigenvalue weighted by Gasteiger charge is -2.41. The third kappa shape index (κ3) is 4.06. The van der Waals surface area contributed by atoms with Crippen molar-refractivity contribution in [1.82, 2.24) is 4.90 Å². The summed E-state index contributed by atoms with van der Waals surface area (Å²) in [5.74, 6) is 0. The van der Waals surface area contributed by atoms with Gasteiger partial charge < -0.3 is 10.0 Å². The summed E-state index contributed by atoms with van der Waals surface area (Å²) < 4.78 is 0. The fourth-order valence-electron chi connectivity index (χ4n) is 2.67. The average molecular weight is 227 g/mol. The third-order valence-corrected chi connectivity index (χ3v) is 4.05. The number of likely N-dealkylation sites (tertiary alicyclic amines) is 1. The summed E-state index contributed by atoms with van der Waals surface area (Å²) in [7, 11) is 0. The van der Waals surface area contributed by atoms with Crippen molar-refractivity contribution < 1.29 is 5.11 Å². The fraction of sp³-hybridized carbons (Fsp3) is 1.00. The Bertz CT molecular complexity index is 205. The summed E-state index contributed by atoms with van der Waals surface area (Å²) in [5.41, 5.74) is 0.632. The summed E-state index contributed by atoms with van der Waals surface area (Å²) in [6, 6.07) is 0. The minimum Gasteiger partial charge on any atom is -0.396 e. The molecule has 1 N–H and O–H groups in total. The van der Waals surface area contributed by atoms with Crippen LogP contribution < -0.4 is 0 Å². The molecular weight excluding hydrogens is 198 g/mol. The average Bonchev–Trinajstić information content (AvgIpc) is 2.22. The predicted molar refractivity (Wildman–Crippen MR) is 69.6 cm³/mol. The molecule has 1 aliphatic rings. The zero-order chi connectivity index (χ0) is 12.2. The molecule has 1 aliphatic heterocycles. The van der Waals surface area contributed by atoms with E-state index in [0.29, 0.717) is 12.0 Å². The number of piperidine rings is 1. The molecule has 1 heterocycles. The normalized spacial score (nSPS) is 25.3. The van der Waals surface area contributed by atoms with Crippen molar-refractivity contribution in [3.8, 4) is 0 Å². The molecule has 0 aromatic carbocycles. The molecule has 1 fully saturated rings. The van der Waals surface area contributed by atoms with Crippen molar-refractivity contribution in [3.05, 3.63) is 0 Å². The Kier molecular flexibility index (Phi) is 4.81. The van der Waals surface area contributed by atoms with Gasteiger partial charge in [-0.1, -0.05) is 34.1 Å². The maximum absolute atomic E-state index is 9.52. The standard InChI is InChI=1S/C14H29NO/c1-5-6-14(4,12-16)11-15-9-7-13(2,3)8-10-15/h16H,5-12H2,1-4H3. The number of nitrogens with zero attached hydrogens (tertiary/aromatic N) is 1. The van der Waals surface area contributed by atoms with Crippen LogP contribution in [-0.2, 0) is 0 Å². The SMILES string of the molecule is CCCC(C)(CO)CN1CCC(C)(C)CC1. The topological polar surface area (TPSA) is 23.5 Å². The zero-order valence-corrected chi connectivity index (χ0v) is 11.6. The van der Waals surface area contributed by atoms with E-state index < -0.39 is 0 Å². The molecule has 0 saturated carbocycles. The fourth-order valence-corrected chi connectivity index (χ4v) is 2.67. The van der Waals surface area contributed by atoms with Gasteiger partial charge in [-0.2, -0.15) is 0 Å². The molecule has 0 aliphatic carbocycles. The van der Waals surface area contributed by atoms with Gasteiger partial charge in [-0.05, 0) is 37.8 Å². The lowest BCUT2D eigenvalue weighted by Crippen LogP contribution is -2.44. The van der Waals surface area contributed by atoms with Gasteiger partial charge in [0, 0.05) is 18.6 Å². The molecule has 96 valence electrons. The Morgan fingerprint density at radius 1 is 1.25 bits per heavy atom. The van der Waals surface area contributed by atoms with E-state index in [1.54, 1.807) is 0 Å². The molecule has 1 atom stereocenters. The summed E-state index contributed by atoms with van der Waals surface area (Å²) in [4.78, 5) is 2.54. The highest BCUT2D eigenvalue weighted by atomic mass is 16.3. The highest BCUT2D eigenvalue weighted by molar-refractivity contribution is 4.83. The van der Waals surface area contributed by atoms with Crippen molar-refractivity contribution in [2.75, 3.05) is 26.2 Å². The lowest BCUT2D eigenvalue weighted by molar-refractivity contribution is 0.0488. The monoisotopic (exact) mass is 227 g/mol. The van der Waals surface area contributed by atoms with Gasteiger partial charge in [0.2, 0.25) is 0 Å². The van der Waals surface area contributed by atoms with Gasteiger partial charge in [0.25, 0.3) is 0 Å². The maximum atomic E-state index is 9.52. The summed E-state index contributed by atoms with van der Waals surface area (Å²) in [6.45, 7) is 12.9. The van der Waals surface area contributed by atoms with E-state index >= 15 is 0 Å². The molecule has 0 aromatic rings. The third-order valence-electron chi connectivity index (χ3n) is 4.05. The Hall–Kier alpha value is -0.0800. The van der Waals surface area contributed by atoms with Crippen molar-refractivity contribution in [2.45, 2.75) is 53.4 Å². The molecule has 2 nitrogen and oxygen atoms in total. The van der Waals surface area contributed by atoms with Crippen molar-refractivity contribution in [1.29, 1.82) is 0 Å². The second-order valence-electron chi connectivity index (χ2n) is 6.66. The van der Waals surface area contributed by atoms with Crippen LogP contribution in [0.15, 0.2) is 0 Å². The van der Waals surface area contributed by atoms with Gasteiger partial charge in [0.15, 0.2) is 0 Å². The Balaban J connectivity index is 2.42. The highest BCUT2D eigenvalue weighted by Gasteiger charge is 2.30. The van der Waals surface area contributed by atoms with Crippen LogP contribution in [0.4, 0.5) is 0 Å². The van der Waals surface area contributed by atoms with Gasteiger partial charge >= 0.3 is 0 Å². The molecular formula is C14H29NO. The minimum atomic E-state index is 0.107. The first-order chi connectivity index (χ1) is 7.41. The number of rotatable bonds is 5. The molecule has 0 radical (unpaired) electrons. The summed E-state index contributed by atoms with van der Waals surface area (Å²) in [6.07, 6.45) is 4.88. The van der Waals surface area contributed by atoms with Crippen LogP contribution in [-0.4, -0.2) is 36.2 Å². The van der Waals surface area contributed by atoms with E-state index in [9.17, 15) is 5.11 Å². The quantitative estimate of drug-likeness (QED) is 0.780. The van der Waals surface area contributed by atoms with E-state index in [1.165, 1.54) is 25.9 Å². The van der Waals surface area contributed by atoms with Crippen LogP contribution >= 0.6 is 0 Å². The summed E-state index contributed by atoms with van der Waals surface area (Å²) in [5, 5.41) is 9.52. The molecule has 0 aromatic heterocycles. The van der Waals surface area contributed by atoms with E-state index in [-0.39, 0.29) is 5.41 Å². The first kappa shape index (κ1) is 14.0. The number of aliphatic hydroxyl groups is 1. The van der Waals surface area contributed by atoms with Gasteiger partial charge in [0.1, 0.15) is 0 Å². The van der Waals surface area contributed by atoms with Crippen LogP contribution in [0.25, 0.3) is 0 Å². The molecule has 0 bridgehead atoms. The molecule has 0 amide bonds.